The predicted octanol–water partition coefficient (Wildman–Crippen LogP) is 0.00630. The lowest BCUT2D eigenvalue weighted by Gasteiger charge is -2.29. The van der Waals surface area contributed by atoms with Gasteiger partial charge in [-0.05, 0) is 32.5 Å². The van der Waals surface area contributed by atoms with Gasteiger partial charge in [0.1, 0.15) is 6.04 Å². The maximum atomic E-state index is 11.7. The number of carbonyl (C=O) groups excluding carboxylic acids is 2. The van der Waals surface area contributed by atoms with E-state index in [0.717, 1.165) is 4.90 Å². The van der Waals surface area contributed by atoms with E-state index in [4.69, 9.17) is 12.2 Å². The van der Waals surface area contributed by atoms with E-state index in [1.165, 1.54) is 7.05 Å². The van der Waals surface area contributed by atoms with Crippen LogP contribution in [0.1, 0.15) is 26.7 Å². The number of thiocarbonyl (C=S) groups is 1. The van der Waals surface area contributed by atoms with Gasteiger partial charge in [-0.15, -0.1) is 0 Å². The van der Waals surface area contributed by atoms with Crippen molar-refractivity contribution in [1.82, 2.24) is 15.5 Å². The highest BCUT2D eigenvalue weighted by Gasteiger charge is 2.31. The monoisotopic (exact) mass is 243 g/mol. The molecule has 1 aliphatic heterocycles. The molecular weight excluding hydrogens is 226 g/mol. The standard InChI is InChI=1S/C10H17N3O2S/c1-6(2)11-10(16)12-7-4-5-8(14)13(3)9(7)15/h6-7H,4-5H2,1-3H3,(H2,11,12,16). The van der Waals surface area contributed by atoms with E-state index >= 15 is 0 Å². The summed E-state index contributed by atoms with van der Waals surface area (Å²) in [5.41, 5.74) is 0. The van der Waals surface area contributed by atoms with Crippen molar-refractivity contribution >= 4 is 29.1 Å². The zero-order valence-corrected chi connectivity index (χ0v) is 10.6. The van der Waals surface area contributed by atoms with Gasteiger partial charge in [-0.1, -0.05) is 0 Å². The number of likely N-dealkylation sites (N-methyl/N-ethyl adjacent to an activating group) is 1. The summed E-state index contributed by atoms with van der Waals surface area (Å²) in [4.78, 5) is 24.1. The SMILES string of the molecule is CC(C)NC(=S)NC1CCC(=O)N(C)C1=O. The van der Waals surface area contributed by atoms with Crippen LogP contribution in [0.5, 0.6) is 0 Å². The Labute approximate surface area is 101 Å². The first-order valence-corrected chi connectivity index (χ1v) is 5.70. The zero-order chi connectivity index (χ0) is 12.3. The fraction of sp³-hybridized carbons (Fsp3) is 0.700. The van der Waals surface area contributed by atoms with Crippen LogP contribution in [0.2, 0.25) is 0 Å². The van der Waals surface area contributed by atoms with Gasteiger partial charge in [0, 0.05) is 19.5 Å². The first-order chi connectivity index (χ1) is 7.41. The quantitative estimate of drug-likeness (QED) is 0.528. The number of likely N-dealkylation sites (tertiary alicyclic amines) is 1. The summed E-state index contributed by atoms with van der Waals surface area (Å²) in [6.07, 6.45) is 0.881. The second-order valence-electron chi connectivity index (χ2n) is 4.15. The molecule has 16 heavy (non-hydrogen) atoms. The van der Waals surface area contributed by atoms with Gasteiger partial charge in [0.25, 0.3) is 5.91 Å². The fourth-order valence-electron chi connectivity index (χ4n) is 1.51. The topological polar surface area (TPSA) is 61.4 Å². The van der Waals surface area contributed by atoms with Gasteiger partial charge in [-0.25, -0.2) is 0 Å². The van der Waals surface area contributed by atoms with E-state index < -0.39 is 0 Å². The average molecular weight is 243 g/mol. The first kappa shape index (κ1) is 12.9. The Morgan fingerprint density at radius 1 is 1.50 bits per heavy atom. The van der Waals surface area contributed by atoms with E-state index in [1.54, 1.807) is 0 Å². The summed E-state index contributed by atoms with van der Waals surface area (Å²) < 4.78 is 0. The molecule has 0 bridgehead atoms. The highest BCUT2D eigenvalue weighted by molar-refractivity contribution is 7.80. The molecule has 90 valence electrons. The van der Waals surface area contributed by atoms with Crippen LogP contribution in [-0.2, 0) is 9.59 Å². The molecule has 1 unspecified atom stereocenters. The van der Waals surface area contributed by atoms with Crippen LogP contribution in [0.25, 0.3) is 0 Å². The van der Waals surface area contributed by atoms with Crippen molar-refractivity contribution in [3.05, 3.63) is 0 Å². The van der Waals surface area contributed by atoms with Gasteiger partial charge in [0.15, 0.2) is 5.11 Å². The van der Waals surface area contributed by atoms with Crippen LogP contribution in [-0.4, -0.2) is 41.0 Å². The number of hydrogen-bond donors (Lipinski definition) is 2. The number of carbonyl (C=O) groups is 2. The molecule has 0 aliphatic carbocycles. The van der Waals surface area contributed by atoms with Crippen molar-refractivity contribution in [2.24, 2.45) is 0 Å². The molecule has 2 N–H and O–H groups in total. The van der Waals surface area contributed by atoms with Crippen molar-refractivity contribution in [3.63, 3.8) is 0 Å². The van der Waals surface area contributed by atoms with Crippen molar-refractivity contribution in [2.75, 3.05) is 7.05 Å². The summed E-state index contributed by atoms with van der Waals surface area (Å²) >= 11 is 5.05. The molecule has 0 aromatic heterocycles. The lowest BCUT2D eigenvalue weighted by molar-refractivity contribution is -0.147. The third-order valence-electron chi connectivity index (χ3n) is 2.37. The minimum absolute atomic E-state index is 0.134. The third-order valence-corrected chi connectivity index (χ3v) is 2.61. The van der Waals surface area contributed by atoms with Gasteiger partial charge in [0.05, 0.1) is 0 Å². The van der Waals surface area contributed by atoms with Crippen molar-refractivity contribution < 1.29 is 9.59 Å². The average Bonchev–Trinajstić information content (AvgIpc) is 2.18. The molecule has 0 aromatic carbocycles. The number of imide groups is 1. The molecule has 0 radical (unpaired) electrons. The summed E-state index contributed by atoms with van der Waals surface area (Å²) in [6.45, 7) is 3.93. The van der Waals surface area contributed by atoms with Crippen LogP contribution < -0.4 is 10.6 Å². The smallest absolute Gasteiger partial charge is 0.251 e. The van der Waals surface area contributed by atoms with Crippen LogP contribution >= 0.6 is 12.2 Å². The Kier molecular flexibility index (Phi) is 4.23. The molecule has 1 saturated heterocycles. The van der Waals surface area contributed by atoms with Crippen molar-refractivity contribution in [3.8, 4) is 0 Å². The summed E-state index contributed by atoms with van der Waals surface area (Å²) in [7, 11) is 1.50. The largest absolute Gasteiger partial charge is 0.361 e. The zero-order valence-electron chi connectivity index (χ0n) is 9.74. The van der Waals surface area contributed by atoms with Crippen LogP contribution in [0.4, 0.5) is 0 Å². The molecule has 6 heteroatoms. The van der Waals surface area contributed by atoms with E-state index in [-0.39, 0.29) is 23.9 Å². The van der Waals surface area contributed by atoms with Crippen LogP contribution in [0.15, 0.2) is 0 Å². The van der Waals surface area contributed by atoms with Crippen molar-refractivity contribution in [2.45, 2.75) is 38.8 Å². The Morgan fingerprint density at radius 2 is 2.12 bits per heavy atom. The molecule has 1 rings (SSSR count). The summed E-state index contributed by atoms with van der Waals surface area (Å²) in [5, 5.41) is 6.38. The molecule has 0 saturated carbocycles. The molecule has 5 nitrogen and oxygen atoms in total. The molecule has 2 amide bonds. The van der Waals surface area contributed by atoms with Gasteiger partial charge < -0.3 is 10.6 Å². The molecule has 1 heterocycles. The van der Waals surface area contributed by atoms with E-state index in [9.17, 15) is 9.59 Å². The first-order valence-electron chi connectivity index (χ1n) is 5.29. The Morgan fingerprint density at radius 3 is 2.69 bits per heavy atom. The van der Waals surface area contributed by atoms with Gasteiger partial charge in [0.2, 0.25) is 5.91 Å². The Balaban J connectivity index is 2.52. The normalized spacial score (nSPS) is 21.2. The fourth-order valence-corrected chi connectivity index (χ4v) is 1.89. The molecule has 0 aromatic rings. The number of nitrogens with zero attached hydrogens (tertiary/aromatic N) is 1. The highest BCUT2D eigenvalue weighted by atomic mass is 32.1. The maximum absolute atomic E-state index is 11.7. The Hall–Kier alpha value is -1.17. The second-order valence-corrected chi connectivity index (χ2v) is 4.56. The lowest BCUT2D eigenvalue weighted by atomic mass is 10.1. The third kappa shape index (κ3) is 3.16. The molecular formula is C10H17N3O2S. The minimum Gasteiger partial charge on any atom is -0.361 e. The number of rotatable bonds is 2. The maximum Gasteiger partial charge on any atom is 0.251 e. The second kappa shape index (κ2) is 5.25. The summed E-state index contributed by atoms with van der Waals surface area (Å²) in [5.74, 6) is -0.352. The van der Waals surface area contributed by atoms with E-state index in [2.05, 4.69) is 10.6 Å². The Bertz CT molecular complexity index is 317. The minimum atomic E-state index is -0.388. The lowest BCUT2D eigenvalue weighted by Crippen LogP contribution is -2.55. The molecule has 0 spiro atoms. The number of amides is 2. The number of hydrogen-bond acceptors (Lipinski definition) is 3. The van der Waals surface area contributed by atoms with Crippen LogP contribution in [0, 0.1) is 0 Å². The van der Waals surface area contributed by atoms with Crippen LogP contribution in [0.3, 0.4) is 0 Å². The summed E-state index contributed by atoms with van der Waals surface area (Å²) in [6, 6.07) is -0.167. The van der Waals surface area contributed by atoms with E-state index in [1.807, 2.05) is 13.8 Å². The molecule has 1 atom stereocenters. The van der Waals surface area contributed by atoms with Gasteiger partial charge in [-0.3, -0.25) is 14.5 Å². The molecule has 1 fully saturated rings. The molecule has 1 aliphatic rings. The van der Waals surface area contributed by atoms with Gasteiger partial charge in [-0.2, -0.15) is 0 Å². The van der Waals surface area contributed by atoms with E-state index in [0.29, 0.717) is 18.0 Å². The number of piperidine rings is 1. The van der Waals surface area contributed by atoms with Crippen molar-refractivity contribution in [1.29, 1.82) is 0 Å². The van der Waals surface area contributed by atoms with Gasteiger partial charge >= 0.3 is 0 Å². The predicted molar refractivity (Wildman–Crippen MR) is 64.8 cm³/mol. The highest BCUT2D eigenvalue weighted by Crippen LogP contribution is 2.11. The number of nitrogens with one attached hydrogen (secondary N) is 2.